The highest BCUT2D eigenvalue weighted by atomic mass is 16.5. The van der Waals surface area contributed by atoms with E-state index in [9.17, 15) is 14.4 Å². The summed E-state index contributed by atoms with van der Waals surface area (Å²) >= 11 is 0. The number of carbonyl (C=O) groups is 3. The maximum absolute atomic E-state index is 13.2. The van der Waals surface area contributed by atoms with Crippen LogP contribution in [0.25, 0.3) is 0 Å². The molecule has 0 fully saturated rings. The largest absolute Gasteiger partial charge is 0.488 e. The third-order valence-corrected chi connectivity index (χ3v) is 6.08. The number of benzene rings is 2. The van der Waals surface area contributed by atoms with Crippen molar-refractivity contribution >= 4 is 17.7 Å². The number of hydrogen-bond donors (Lipinski definition) is 0. The number of rotatable bonds is 11. The fourth-order valence-corrected chi connectivity index (χ4v) is 4.21. The smallest absolute Gasteiger partial charge is 0.305 e. The third kappa shape index (κ3) is 6.16. The van der Waals surface area contributed by atoms with Gasteiger partial charge in [0.05, 0.1) is 26.2 Å². The molecule has 7 nitrogen and oxygen atoms in total. The highest BCUT2D eigenvalue weighted by molar-refractivity contribution is 6.01. The Balaban J connectivity index is 1.95. The van der Waals surface area contributed by atoms with Crippen molar-refractivity contribution in [1.29, 1.82) is 0 Å². The summed E-state index contributed by atoms with van der Waals surface area (Å²) < 4.78 is 22.3. The molecular weight excluding hydrogens is 436 g/mol. The van der Waals surface area contributed by atoms with Gasteiger partial charge in [0.1, 0.15) is 23.7 Å². The van der Waals surface area contributed by atoms with E-state index in [1.54, 1.807) is 6.07 Å². The average molecular weight is 469 g/mol. The molecule has 0 amide bonds. The molecule has 2 aromatic rings. The van der Waals surface area contributed by atoms with Gasteiger partial charge >= 0.3 is 11.9 Å². The zero-order valence-corrected chi connectivity index (χ0v) is 20.1. The van der Waals surface area contributed by atoms with E-state index in [0.717, 1.165) is 17.5 Å². The molecule has 0 N–H and O–H groups in total. The lowest BCUT2D eigenvalue weighted by atomic mass is 9.82. The molecule has 1 heterocycles. The Kier molecular flexibility index (Phi) is 8.68. The van der Waals surface area contributed by atoms with Gasteiger partial charge in [0, 0.05) is 18.4 Å². The molecule has 3 rings (SSSR count). The number of esters is 2. The number of ether oxygens (including phenoxy) is 4. The monoisotopic (exact) mass is 468 g/mol. The van der Waals surface area contributed by atoms with E-state index >= 15 is 0 Å². The van der Waals surface area contributed by atoms with Crippen LogP contribution in [0.3, 0.4) is 0 Å². The summed E-state index contributed by atoms with van der Waals surface area (Å²) in [7, 11) is 2.64. The Bertz CT molecular complexity index is 993. The molecule has 1 aliphatic rings. The number of ketones is 1. The van der Waals surface area contributed by atoms with Gasteiger partial charge in [-0.2, -0.15) is 0 Å². The van der Waals surface area contributed by atoms with Crippen molar-refractivity contribution < 1.29 is 33.3 Å². The minimum absolute atomic E-state index is 0.0732. The molecule has 0 spiro atoms. The lowest BCUT2D eigenvalue weighted by Crippen LogP contribution is -2.43. The highest BCUT2D eigenvalue weighted by Crippen LogP contribution is 2.44. The second-order valence-electron chi connectivity index (χ2n) is 8.48. The molecule has 0 radical (unpaired) electrons. The lowest BCUT2D eigenvalue weighted by Gasteiger charge is -2.39. The van der Waals surface area contributed by atoms with Gasteiger partial charge in [-0.1, -0.05) is 43.7 Å². The SMILES string of the molecule is CCCc1c(OCc2ccccc2)ccc2c1OC(CCC(=O)OC)(CCC(=O)OC)CC2=O. The molecule has 0 aliphatic carbocycles. The normalized spacial score (nSPS) is 14.0. The van der Waals surface area contributed by atoms with Crippen molar-refractivity contribution in [2.75, 3.05) is 14.2 Å². The van der Waals surface area contributed by atoms with Crippen LogP contribution in [0.15, 0.2) is 42.5 Å². The number of carbonyl (C=O) groups excluding carboxylic acids is 3. The molecule has 0 atom stereocenters. The van der Waals surface area contributed by atoms with Gasteiger partial charge in [-0.3, -0.25) is 14.4 Å². The zero-order chi connectivity index (χ0) is 24.6. The summed E-state index contributed by atoms with van der Waals surface area (Å²) in [6, 6.07) is 13.4. The van der Waals surface area contributed by atoms with Crippen LogP contribution in [0.4, 0.5) is 0 Å². The van der Waals surface area contributed by atoms with Crippen LogP contribution < -0.4 is 9.47 Å². The van der Waals surface area contributed by atoms with E-state index in [-0.39, 0.29) is 37.9 Å². The maximum Gasteiger partial charge on any atom is 0.305 e. The van der Waals surface area contributed by atoms with Crippen molar-refractivity contribution in [3.8, 4) is 11.5 Å². The molecule has 1 aliphatic heterocycles. The molecule has 2 aromatic carbocycles. The summed E-state index contributed by atoms with van der Waals surface area (Å²) in [6.45, 7) is 2.44. The van der Waals surface area contributed by atoms with E-state index in [1.807, 2.05) is 43.3 Å². The second-order valence-corrected chi connectivity index (χ2v) is 8.48. The van der Waals surface area contributed by atoms with E-state index in [4.69, 9.17) is 18.9 Å². The summed E-state index contributed by atoms with van der Waals surface area (Å²) in [4.78, 5) is 37.0. The summed E-state index contributed by atoms with van der Waals surface area (Å²) in [6.07, 6.45) is 2.22. The van der Waals surface area contributed by atoms with E-state index in [0.29, 0.717) is 30.1 Å². The van der Waals surface area contributed by atoms with Crippen molar-refractivity contribution in [1.82, 2.24) is 0 Å². The van der Waals surface area contributed by atoms with Crippen LogP contribution in [0.5, 0.6) is 11.5 Å². The number of fused-ring (bicyclic) bond motifs is 1. The fourth-order valence-electron chi connectivity index (χ4n) is 4.21. The minimum Gasteiger partial charge on any atom is -0.488 e. The van der Waals surface area contributed by atoms with Crippen LogP contribution in [-0.2, 0) is 32.1 Å². The van der Waals surface area contributed by atoms with Gasteiger partial charge in [0.15, 0.2) is 5.78 Å². The van der Waals surface area contributed by atoms with Crippen molar-refractivity contribution in [2.24, 2.45) is 0 Å². The molecular formula is C27H32O7. The number of hydrogen-bond acceptors (Lipinski definition) is 7. The molecule has 0 bridgehead atoms. The maximum atomic E-state index is 13.2. The van der Waals surface area contributed by atoms with E-state index < -0.39 is 17.5 Å². The summed E-state index contributed by atoms with van der Waals surface area (Å²) in [5, 5.41) is 0. The van der Waals surface area contributed by atoms with Crippen LogP contribution in [0.1, 0.15) is 66.9 Å². The number of methoxy groups -OCH3 is 2. The Morgan fingerprint density at radius 1 is 0.971 bits per heavy atom. The summed E-state index contributed by atoms with van der Waals surface area (Å²) in [5.74, 6) is 0.274. The van der Waals surface area contributed by atoms with Crippen LogP contribution in [0, 0.1) is 0 Å². The molecule has 0 saturated heterocycles. The highest BCUT2D eigenvalue weighted by Gasteiger charge is 2.42. The van der Waals surface area contributed by atoms with E-state index in [2.05, 4.69) is 0 Å². The zero-order valence-electron chi connectivity index (χ0n) is 20.1. The first-order valence-corrected chi connectivity index (χ1v) is 11.6. The first-order chi connectivity index (χ1) is 16.4. The standard InChI is InChI=1S/C27H32O7/c1-4-8-21-23(33-18-19-9-6-5-7-10-19)12-11-20-22(28)17-27(34-26(20)21,15-13-24(29)31-2)16-14-25(30)32-3/h5-7,9-12H,4,8,13-18H2,1-3H3. The van der Waals surface area contributed by atoms with Crippen LogP contribution in [0.2, 0.25) is 0 Å². The molecule has 7 heteroatoms. The predicted octanol–water partition coefficient (Wildman–Crippen LogP) is 4.83. The molecule has 34 heavy (non-hydrogen) atoms. The minimum atomic E-state index is -1.01. The fraction of sp³-hybridized carbons (Fsp3) is 0.444. The van der Waals surface area contributed by atoms with Gasteiger partial charge in [0.2, 0.25) is 0 Å². The van der Waals surface area contributed by atoms with Crippen molar-refractivity contribution in [3.63, 3.8) is 0 Å². The van der Waals surface area contributed by atoms with Gasteiger partial charge in [0.25, 0.3) is 0 Å². The number of Topliss-reactive ketones (excluding diaryl/α,β-unsaturated/α-hetero) is 1. The lowest BCUT2D eigenvalue weighted by molar-refractivity contribution is -0.142. The Hall–Kier alpha value is -3.35. The third-order valence-electron chi connectivity index (χ3n) is 6.08. The van der Waals surface area contributed by atoms with Gasteiger partial charge in [-0.15, -0.1) is 0 Å². The van der Waals surface area contributed by atoms with E-state index in [1.165, 1.54) is 14.2 Å². The Labute approximate surface area is 200 Å². The van der Waals surface area contributed by atoms with Crippen LogP contribution in [-0.4, -0.2) is 37.5 Å². The molecule has 0 saturated carbocycles. The second kappa shape index (κ2) is 11.7. The van der Waals surface area contributed by atoms with Gasteiger partial charge in [-0.05, 0) is 37.0 Å². The predicted molar refractivity (Wildman–Crippen MR) is 126 cm³/mol. The summed E-state index contributed by atoms with van der Waals surface area (Å²) in [5.41, 5.74) is 1.35. The molecule has 0 aromatic heterocycles. The molecule has 0 unspecified atom stereocenters. The Morgan fingerprint density at radius 2 is 1.62 bits per heavy atom. The molecule has 182 valence electrons. The van der Waals surface area contributed by atoms with Crippen molar-refractivity contribution in [3.05, 3.63) is 59.2 Å². The average Bonchev–Trinajstić information content (AvgIpc) is 2.86. The van der Waals surface area contributed by atoms with Crippen LogP contribution >= 0.6 is 0 Å². The first kappa shape index (κ1) is 25.3. The topological polar surface area (TPSA) is 88.1 Å². The van der Waals surface area contributed by atoms with Gasteiger partial charge < -0.3 is 18.9 Å². The first-order valence-electron chi connectivity index (χ1n) is 11.6. The van der Waals surface area contributed by atoms with Gasteiger partial charge in [-0.25, -0.2) is 0 Å². The quantitative estimate of drug-likeness (QED) is 0.437. The Morgan fingerprint density at radius 3 is 2.21 bits per heavy atom. The van der Waals surface area contributed by atoms with Crippen molar-refractivity contribution in [2.45, 2.75) is 64.1 Å².